The maximum absolute atomic E-state index is 12.4. The van der Waals surface area contributed by atoms with Gasteiger partial charge in [-0.05, 0) is 53.5 Å². The summed E-state index contributed by atoms with van der Waals surface area (Å²) in [6.45, 7) is 3.95. The minimum atomic E-state index is -0.123. The molecule has 2 aromatic carbocycles. The summed E-state index contributed by atoms with van der Waals surface area (Å²) < 4.78 is 1.98. The molecule has 0 fully saturated rings. The molecule has 1 heterocycles. The molecule has 0 unspecified atom stereocenters. The number of aromatic nitrogens is 1. The van der Waals surface area contributed by atoms with Crippen LogP contribution >= 0.6 is 27.3 Å². The second-order valence-electron chi connectivity index (χ2n) is 4.88. The molecule has 1 aromatic heterocycles. The number of carbonyl (C=O) groups excluding carboxylic acids is 1. The zero-order valence-electron chi connectivity index (χ0n) is 11.6. The van der Waals surface area contributed by atoms with E-state index in [-0.39, 0.29) is 5.91 Å². The lowest BCUT2D eigenvalue weighted by Gasteiger charge is -2.06. The number of hydrogen-bond acceptors (Lipinski definition) is 3. The number of para-hydroxylation sites is 1. The number of nitrogens with zero attached hydrogens (tertiary/aromatic N) is 1. The first-order chi connectivity index (χ1) is 10.0. The van der Waals surface area contributed by atoms with E-state index in [4.69, 9.17) is 0 Å². The summed E-state index contributed by atoms with van der Waals surface area (Å²) in [5.41, 5.74) is 3.67. The number of benzene rings is 2. The number of anilines is 1. The third-order valence-electron chi connectivity index (χ3n) is 3.22. The summed E-state index contributed by atoms with van der Waals surface area (Å²) >= 11 is 4.94. The van der Waals surface area contributed by atoms with Crippen LogP contribution in [0.25, 0.3) is 10.2 Å². The van der Waals surface area contributed by atoms with Crippen molar-refractivity contribution in [2.45, 2.75) is 13.8 Å². The van der Waals surface area contributed by atoms with Crippen LogP contribution in [0.3, 0.4) is 0 Å². The molecule has 0 bridgehead atoms. The highest BCUT2D eigenvalue weighted by atomic mass is 79.9. The van der Waals surface area contributed by atoms with Gasteiger partial charge in [-0.3, -0.25) is 10.1 Å². The molecule has 0 aliphatic rings. The molecule has 1 N–H and O–H groups in total. The SMILES string of the molecule is Cc1ccc(C(=O)Nc2nc3c(Br)cccc3s2)c(C)c1. The fourth-order valence-corrected chi connectivity index (χ4v) is 3.68. The third kappa shape index (κ3) is 2.84. The second-order valence-corrected chi connectivity index (χ2v) is 6.76. The molecule has 0 aliphatic heterocycles. The lowest BCUT2D eigenvalue weighted by molar-refractivity contribution is 0.102. The summed E-state index contributed by atoms with van der Waals surface area (Å²) in [5, 5.41) is 3.50. The van der Waals surface area contributed by atoms with Crippen LogP contribution in [-0.2, 0) is 0 Å². The zero-order valence-corrected chi connectivity index (χ0v) is 14.0. The van der Waals surface area contributed by atoms with E-state index in [1.54, 1.807) is 0 Å². The van der Waals surface area contributed by atoms with Crippen LogP contribution in [0.15, 0.2) is 40.9 Å². The van der Waals surface area contributed by atoms with E-state index < -0.39 is 0 Å². The maximum Gasteiger partial charge on any atom is 0.257 e. The number of thiazole rings is 1. The second kappa shape index (κ2) is 5.58. The maximum atomic E-state index is 12.4. The number of nitrogens with one attached hydrogen (secondary N) is 1. The highest BCUT2D eigenvalue weighted by Crippen LogP contribution is 2.31. The van der Waals surface area contributed by atoms with Crippen LogP contribution in [0.4, 0.5) is 5.13 Å². The Morgan fingerprint density at radius 2 is 2.05 bits per heavy atom. The number of hydrogen-bond donors (Lipinski definition) is 1. The Bertz CT molecular complexity index is 841. The molecule has 0 atom stereocenters. The van der Waals surface area contributed by atoms with Gasteiger partial charge in [0.1, 0.15) is 0 Å². The fourth-order valence-electron chi connectivity index (χ4n) is 2.20. The Kier molecular flexibility index (Phi) is 3.78. The zero-order chi connectivity index (χ0) is 15.0. The normalized spacial score (nSPS) is 10.8. The van der Waals surface area contributed by atoms with Gasteiger partial charge in [-0.25, -0.2) is 4.98 Å². The van der Waals surface area contributed by atoms with E-state index in [0.29, 0.717) is 10.7 Å². The van der Waals surface area contributed by atoms with Crippen molar-refractivity contribution in [2.24, 2.45) is 0 Å². The van der Waals surface area contributed by atoms with Crippen LogP contribution in [0.1, 0.15) is 21.5 Å². The number of aryl methyl sites for hydroxylation is 2. The fraction of sp³-hybridized carbons (Fsp3) is 0.125. The van der Waals surface area contributed by atoms with Gasteiger partial charge < -0.3 is 0 Å². The molecule has 106 valence electrons. The van der Waals surface area contributed by atoms with Gasteiger partial charge >= 0.3 is 0 Å². The van der Waals surface area contributed by atoms with Crippen molar-refractivity contribution in [2.75, 3.05) is 5.32 Å². The molecular weight excluding hydrogens is 348 g/mol. The first-order valence-electron chi connectivity index (χ1n) is 6.48. The van der Waals surface area contributed by atoms with E-state index in [1.807, 2.05) is 50.2 Å². The average Bonchev–Trinajstić information content (AvgIpc) is 2.82. The predicted molar refractivity (Wildman–Crippen MR) is 91.2 cm³/mol. The molecule has 0 spiro atoms. The van der Waals surface area contributed by atoms with Crippen molar-refractivity contribution in [1.82, 2.24) is 4.98 Å². The van der Waals surface area contributed by atoms with Gasteiger partial charge in [-0.2, -0.15) is 0 Å². The van der Waals surface area contributed by atoms with E-state index in [9.17, 15) is 4.79 Å². The molecule has 0 saturated carbocycles. The minimum absolute atomic E-state index is 0.123. The summed E-state index contributed by atoms with van der Waals surface area (Å²) in [5.74, 6) is -0.123. The molecule has 5 heteroatoms. The molecule has 21 heavy (non-hydrogen) atoms. The number of fused-ring (bicyclic) bond motifs is 1. The Morgan fingerprint density at radius 3 is 2.76 bits per heavy atom. The van der Waals surface area contributed by atoms with Gasteiger partial charge in [-0.15, -0.1) is 0 Å². The Hall–Kier alpha value is -1.72. The highest BCUT2D eigenvalue weighted by Gasteiger charge is 2.13. The average molecular weight is 361 g/mol. The molecule has 0 saturated heterocycles. The van der Waals surface area contributed by atoms with Crippen molar-refractivity contribution < 1.29 is 4.79 Å². The first-order valence-corrected chi connectivity index (χ1v) is 8.09. The molecule has 1 amide bonds. The van der Waals surface area contributed by atoms with Crippen LogP contribution in [-0.4, -0.2) is 10.9 Å². The van der Waals surface area contributed by atoms with E-state index in [1.165, 1.54) is 11.3 Å². The van der Waals surface area contributed by atoms with Crippen LogP contribution < -0.4 is 5.32 Å². The minimum Gasteiger partial charge on any atom is -0.298 e. The monoisotopic (exact) mass is 360 g/mol. The lowest BCUT2D eigenvalue weighted by atomic mass is 10.1. The van der Waals surface area contributed by atoms with Crippen LogP contribution in [0.2, 0.25) is 0 Å². The Morgan fingerprint density at radius 1 is 1.24 bits per heavy atom. The van der Waals surface area contributed by atoms with Crippen LogP contribution in [0, 0.1) is 13.8 Å². The van der Waals surface area contributed by atoms with Crippen LogP contribution in [0.5, 0.6) is 0 Å². The largest absolute Gasteiger partial charge is 0.298 e. The molecule has 3 rings (SSSR count). The smallest absolute Gasteiger partial charge is 0.257 e. The van der Waals surface area contributed by atoms with Gasteiger partial charge in [0.25, 0.3) is 5.91 Å². The summed E-state index contributed by atoms with van der Waals surface area (Å²) in [7, 11) is 0. The van der Waals surface area contributed by atoms with Crippen molar-refractivity contribution in [1.29, 1.82) is 0 Å². The number of rotatable bonds is 2. The quantitative estimate of drug-likeness (QED) is 0.703. The molecular formula is C16H13BrN2OS. The van der Waals surface area contributed by atoms with Gasteiger partial charge in [0.2, 0.25) is 0 Å². The summed E-state index contributed by atoms with van der Waals surface area (Å²) in [4.78, 5) is 16.8. The first kappa shape index (κ1) is 14.2. The van der Waals surface area contributed by atoms with Crippen molar-refractivity contribution in [3.63, 3.8) is 0 Å². The standard InChI is InChI=1S/C16H13BrN2OS/c1-9-6-7-11(10(2)8-9)15(20)19-16-18-14-12(17)4-3-5-13(14)21-16/h3-8H,1-2H3,(H,18,19,20). The number of carbonyl (C=O) groups is 1. The van der Waals surface area contributed by atoms with E-state index in [0.717, 1.165) is 25.8 Å². The Labute approximate surface area is 135 Å². The van der Waals surface area contributed by atoms with Gasteiger partial charge in [0.05, 0.1) is 10.2 Å². The molecule has 3 nitrogen and oxygen atoms in total. The summed E-state index contributed by atoms with van der Waals surface area (Å²) in [6.07, 6.45) is 0. The van der Waals surface area contributed by atoms with Crippen molar-refractivity contribution in [3.05, 3.63) is 57.6 Å². The predicted octanol–water partition coefficient (Wildman–Crippen LogP) is 4.93. The van der Waals surface area contributed by atoms with Gasteiger partial charge in [0, 0.05) is 10.0 Å². The topological polar surface area (TPSA) is 42.0 Å². The van der Waals surface area contributed by atoms with Gasteiger partial charge in [-0.1, -0.05) is 35.1 Å². The van der Waals surface area contributed by atoms with E-state index in [2.05, 4.69) is 26.2 Å². The Balaban J connectivity index is 1.91. The van der Waals surface area contributed by atoms with Crippen molar-refractivity contribution >= 4 is 48.5 Å². The molecule has 0 radical (unpaired) electrons. The lowest BCUT2D eigenvalue weighted by Crippen LogP contribution is -2.13. The highest BCUT2D eigenvalue weighted by molar-refractivity contribution is 9.10. The third-order valence-corrected chi connectivity index (χ3v) is 4.79. The molecule has 0 aliphatic carbocycles. The van der Waals surface area contributed by atoms with Gasteiger partial charge in [0.15, 0.2) is 5.13 Å². The van der Waals surface area contributed by atoms with Crippen molar-refractivity contribution in [3.8, 4) is 0 Å². The molecule has 3 aromatic rings. The van der Waals surface area contributed by atoms with E-state index >= 15 is 0 Å². The summed E-state index contributed by atoms with van der Waals surface area (Å²) in [6, 6.07) is 11.7. The number of amides is 1. The number of halogens is 1.